The lowest BCUT2D eigenvalue weighted by atomic mass is 9.95. The van der Waals surface area contributed by atoms with Crippen molar-refractivity contribution in [3.63, 3.8) is 0 Å². The Morgan fingerprint density at radius 3 is 2.33 bits per heavy atom. The maximum atomic E-state index is 13.1. The number of nitrogens with zero attached hydrogens (tertiary/aromatic N) is 2. The zero-order valence-electron chi connectivity index (χ0n) is 19.7. The van der Waals surface area contributed by atoms with Gasteiger partial charge in [-0.05, 0) is 62.0 Å². The summed E-state index contributed by atoms with van der Waals surface area (Å²) in [5.41, 5.74) is 1.24. The van der Waals surface area contributed by atoms with E-state index in [4.69, 9.17) is 9.47 Å². The number of benzene rings is 2. The predicted octanol–water partition coefficient (Wildman–Crippen LogP) is 3.86. The molecule has 1 fully saturated rings. The van der Waals surface area contributed by atoms with E-state index in [9.17, 15) is 14.7 Å². The fourth-order valence-electron chi connectivity index (χ4n) is 4.09. The molecule has 176 valence electrons. The molecule has 0 aromatic heterocycles. The molecule has 1 amide bonds. The minimum atomic E-state index is -0.706. The second-order valence-electron chi connectivity index (χ2n) is 7.75. The maximum Gasteiger partial charge on any atom is 0.295 e. The van der Waals surface area contributed by atoms with Crippen LogP contribution in [-0.4, -0.2) is 66.5 Å². The van der Waals surface area contributed by atoms with E-state index in [0.29, 0.717) is 42.3 Å². The number of ketones is 1. The molecule has 3 rings (SSSR count). The molecule has 7 nitrogen and oxygen atoms in total. The van der Waals surface area contributed by atoms with Gasteiger partial charge in [0.1, 0.15) is 17.3 Å². The summed E-state index contributed by atoms with van der Waals surface area (Å²) in [7, 11) is 1.57. The van der Waals surface area contributed by atoms with Gasteiger partial charge in [0.2, 0.25) is 0 Å². The summed E-state index contributed by atoms with van der Waals surface area (Å²) in [5, 5.41) is 11.2. The van der Waals surface area contributed by atoms with Crippen molar-refractivity contribution in [2.45, 2.75) is 26.8 Å². The van der Waals surface area contributed by atoms with Crippen molar-refractivity contribution >= 4 is 17.4 Å². The Balaban J connectivity index is 2.08. The van der Waals surface area contributed by atoms with E-state index in [-0.39, 0.29) is 11.3 Å². The average molecular weight is 453 g/mol. The zero-order valence-corrected chi connectivity index (χ0v) is 19.7. The van der Waals surface area contributed by atoms with E-state index in [0.717, 1.165) is 13.1 Å². The van der Waals surface area contributed by atoms with Crippen molar-refractivity contribution in [1.82, 2.24) is 9.80 Å². The average Bonchev–Trinajstić information content (AvgIpc) is 3.10. The second kappa shape index (κ2) is 11.0. The van der Waals surface area contributed by atoms with Crippen LogP contribution in [0.2, 0.25) is 0 Å². The molecule has 0 radical (unpaired) electrons. The van der Waals surface area contributed by atoms with E-state index in [1.54, 1.807) is 48.4 Å². The molecule has 0 saturated carbocycles. The Kier molecular flexibility index (Phi) is 8.11. The monoisotopic (exact) mass is 452 g/mol. The van der Waals surface area contributed by atoms with Gasteiger partial charge in [-0.1, -0.05) is 26.0 Å². The minimum Gasteiger partial charge on any atom is -0.507 e. The molecular formula is C26H32N2O5. The number of aliphatic hydroxyl groups excluding tert-OH is 1. The van der Waals surface area contributed by atoms with Gasteiger partial charge in [0, 0.05) is 18.7 Å². The van der Waals surface area contributed by atoms with E-state index < -0.39 is 17.7 Å². The molecule has 2 aromatic rings. The number of methoxy groups -OCH3 is 1. The molecule has 1 saturated heterocycles. The number of likely N-dealkylation sites (tertiary alicyclic amines) is 1. The first kappa shape index (κ1) is 24.3. The highest BCUT2D eigenvalue weighted by molar-refractivity contribution is 6.46. The number of carbonyl (C=O) groups is 2. The third-order valence-electron chi connectivity index (χ3n) is 5.94. The van der Waals surface area contributed by atoms with Gasteiger partial charge >= 0.3 is 0 Å². The first-order valence-corrected chi connectivity index (χ1v) is 11.3. The van der Waals surface area contributed by atoms with Crippen molar-refractivity contribution in [3.05, 3.63) is 65.2 Å². The summed E-state index contributed by atoms with van der Waals surface area (Å²) in [4.78, 5) is 30.0. The lowest BCUT2D eigenvalue weighted by molar-refractivity contribution is -0.140. The molecule has 0 aliphatic carbocycles. The third-order valence-corrected chi connectivity index (χ3v) is 5.94. The van der Waals surface area contributed by atoms with Crippen molar-refractivity contribution in [2.24, 2.45) is 0 Å². The van der Waals surface area contributed by atoms with Gasteiger partial charge in [-0.25, -0.2) is 0 Å². The molecule has 33 heavy (non-hydrogen) atoms. The van der Waals surface area contributed by atoms with Crippen LogP contribution in [0.25, 0.3) is 5.76 Å². The molecule has 1 atom stereocenters. The molecule has 1 aliphatic rings. The number of likely N-dealkylation sites (N-methyl/N-ethyl adjacent to an activating group) is 1. The molecule has 1 aliphatic heterocycles. The number of hydrogen-bond donors (Lipinski definition) is 1. The number of amides is 1. The minimum absolute atomic E-state index is 0.0805. The van der Waals surface area contributed by atoms with Crippen LogP contribution in [-0.2, 0) is 9.59 Å². The number of aliphatic hydroxyl groups is 1. The zero-order chi connectivity index (χ0) is 24.0. The standard InChI is InChI=1S/C26H32N2O5/c1-5-27(6-2)15-16-28-23(19-9-8-10-21(17-19)32-4)22(25(30)26(28)31)24(29)18-11-13-20(14-12-18)33-7-3/h8-14,17,23,29H,5-7,15-16H2,1-4H3/b24-22+/t23-/m1/s1. The second-order valence-corrected chi connectivity index (χ2v) is 7.75. The number of carbonyl (C=O) groups excluding carboxylic acids is 2. The van der Waals surface area contributed by atoms with Gasteiger partial charge in [-0.2, -0.15) is 0 Å². The quantitative estimate of drug-likeness (QED) is 0.335. The molecule has 1 N–H and O–H groups in total. The lowest BCUT2D eigenvalue weighted by Crippen LogP contribution is -2.38. The van der Waals surface area contributed by atoms with E-state index in [1.807, 2.05) is 19.1 Å². The molecule has 0 bridgehead atoms. The summed E-state index contributed by atoms with van der Waals surface area (Å²) < 4.78 is 10.8. The largest absolute Gasteiger partial charge is 0.507 e. The fraction of sp³-hybridized carbons (Fsp3) is 0.385. The highest BCUT2D eigenvalue weighted by atomic mass is 16.5. The normalized spacial score (nSPS) is 17.6. The third kappa shape index (κ3) is 5.20. The Hall–Kier alpha value is -3.32. The van der Waals surface area contributed by atoms with Crippen molar-refractivity contribution in [3.8, 4) is 11.5 Å². The van der Waals surface area contributed by atoms with E-state index >= 15 is 0 Å². The van der Waals surface area contributed by atoms with E-state index in [2.05, 4.69) is 18.7 Å². The van der Waals surface area contributed by atoms with Crippen LogP contribution < -0.4 is 9.47 Å². The Morgan fingerprint density at radius 2 is 1.73 bits per heavy atom. The summed E-state index contributed by atoms with van der Waals surface area (Å²) in [6.07, 6.45) is 0. The Bertz CT molecular complexity index is 1010. The van der Waals surface area contributed by atoms with Crippen LogP contribution in [0.5, 0.6) is 11.5 Å². The van der Waals surface area contributed by atoms with Crippen LogP contribution in [0.3, 0.4) is 0 Å². The molecule has 0 spiro atoms. The molecule has 1 heterocycles. The number of rotatable bonds is 10. The van der Waals surface area contributed by atoms with Gasteiger partial charge < -0.3 is 24.4 Å². The first-order chi connectivity index (χ1) is 15.9. The molecule has 0 unspecified atom stereocenters. The van der Waals surface area contributed by atoms with Crippen LogP contribution >= 0.6 is 0 Å². The lowest BCUT2D eigenvalue weighted by Gasteiger charge is -2.28. The summed E-state index contributed by atoms with van der Waals surface area (Å²) in [6, 6.07) is 13.4. The van der Waals surface area contributed by atoms with E-state index in [1.165, 1.54) is 0 Å². The summed E-state index contributed by atoms with van der Waals surface area (Å²) >= 11 is 0. The SMILES string of the molecule is CCOc1ccc(/C(O)=C2\C(=O)C(=O)N(CCN(CC)CC)[C@@H]2c2cccc(OC)c2)cc1. The van der Waals surface area contributed by atoms with Crippen LogP contribution in [0.15, 0.2) is 54.1 Å². The Morgan fingerprint density at radius 1 is 1.03 bits per heavy atom. The first-order valence-electron chi connectivity index (χ1n) is 11.3. The van der Waals surface area contributed by atoms with Crippen LogP contribution in [0.4, 0.5) is 0 Å². The number of hydrogen-bond acceptors (Lipinski definition) is 6. The molecule has 2 aromatic carbocycles. The van der Waals surface area contributed by atoms with Crippen molar-refractivity contribution in [1.29, 1.82) is 0 Å². The topological polar surface area (TPSA) is 79.3 Å². The summed E-state index contributed by atoms with van der Waals surface area (Å²) in [5.74, 6) is -0.216. The molecule has 7 heteroatoms. The van der Waals surface area contributed by atoms with Gasteiger partial charge in [0.15, 0.2) is 0 Å². The van der Waals surface area contributed by atoms with Crippen LogP contribution in [0, 0.1) is 0 Å². The highest BCUT2D eigenvalue weighted by Gasteiger charge is 2.46. The fourth-order valence-corrected chi connectivity index (χ4v) is 4.09. The number of ether oxygens (including phenoxy) is 2. The van der Waals surface area contributed by atoms with Gasteiger partial charge in [-0.3, -0.25) is 9.59 Å². The van der Waals surface area contributed by atoms with Gasteiger partial charge in [0.25, 0.3) is 11.7 Å². The predicted molar refractivity (Wildman–Crippen MR) is 127 cm³/mol. The highest BCUT2D eigenvalue weighted by Crippen LogP contribution is 2.40. The van der Waals surface area contributed by atoms with Gasteiger partial charge in [0.05, 0.1) is 25.3 Å². The maximum absolute atomic E-state index is 13.1. The number of Topliss-reactive ketones (excluding diaryl/α,β-unsaturated/α-hetero) is 1. The smallest absolute Gasteiger partial charge is 0.295 e. The Labute approximate surface area is 195 Å². The van der Waals surface area contributed by atoms with Crippen LogP contribution in [0.1, 0.15) is 37.9 Å². The van der Waals surface area contributed by atoms with Crippen molar-refractivity contribution in [2.75, 3.05) is 39.9 Å². The van der Waals surface area contributed by atoms with Crippen molar-refractivity contribution < 1.29 is 24.2 Å². The summed E-state index contributed by atoms with van der Waals surface area (Å²) in [6.45, 7) is 9.22. The molecular weight excluding hydrogens is 420 g/mol. The van der Waals surface area contributed by atoms with Gasteiger partial charge in [-0.15, -0.1) is 0 Å².